The number of hydrogen-bond acceptors (Lipinski definition) is 7. The summed E-state index contributed by atoms with van der Waals surface area (Å²) < 4.78 is 0.644. The third kappa shape index (κ3) is 4.41. The number of aliphatic carboxylic acids is 1. The summed E-state index contributed by atoms with van der Waals surface area (Å²) in [7, 11) is 0. The van der Waals surface area contributed by atoms with Crippen LogP contribution >= 0.6 is 34.9 Å². The summed E-state index contributed by atoms with van der Waals surface area (Å²) in [4.78, 5) is 11.6. The average molecular weight is 313 g/mol. The highest BCUT2D eigenvalue weighted by atomic mass is 32.2. The van der Waals surface area contributed by atoms with Crippen LogP contribution in [0.25, 0.3) is 0 Å². The van der Waals surface area contributed by atoms with Gasteiger partial charge in [-0.25, -0.2) is 0 Å². The van der Waals surface area contributed by atoms with Gasteiger partial charge in [0.25, 0.3) is 0 Å². The van der Waals surface area contributed by atoms with E-state index in [0.717, 1.165) is 5.69 Å². The largest absolute Gasteiger partial charge is 0.481 e. The number of aromatic nitrogens is 2. The average Bonchev–Trinajstić information content (AvgIpc) is 2.85. The van der Waals surface area contributed by atoms with E-state index in [4.69, 9.17) is 5.11 Å². The molecular weight excluding hydrogens is 302 g/mol. The first kappa shape index (κ1) is 14.2. The van der Waals surface area contributed by atoms with E-state index < -0.39 is 5.97 Å². The van der Waals surface area contributed by atoms with Crippen molar-refractivity contribution < 1.29 is 9.90 Å². The zero-order valence-electron chi connectivity index (χ0n) is 9.99. The molecule has 1 aromatic carbocycles. The molecule has 2 aromatic rings. The first-order valence-electron chi connectivity index (χ1n) is 5.26. The minimum absolute atomic E-state index is 0.00292. The van der Waals surface area contributed by atoms with E-state index in [1.807, 2.05) is 30.5 Å². The molecule has 0 atom stereocenters. The minimum atomic E-state index is -0.859. The normalized spacial score (nSPS) is 10.4. The number of carboxylic acids is 1. The van der Waals surface area contributed by atoms with Crippen LogP contribution in [-0.4, -0.2) is 33.3 Å². The molecule has 0 aliphatic heterocycles. The van der Waals surface area contributed by atoms with Crippen molar-refractivity contribution in [1.29, 1.82) is 0 Å². The molecule has 0 amide bonds. The second kappa shape index (κ2) is 6.78. The molecule has 5 nitrogen and oxygen atoms in total. The van der Waals surface area contributed by atoms with Crippen molar-refractivity contribution in [2.24, 2.45) is 0 Å². The van der Waals surface area contributed by atoms with Gasteiger partial charge in [0.05, 0.1) is 5.75 Å². The molecule has 8 heteroatoms. The number of carboxylic acid groups (broad SMARTS) is 1. The maximum absolute atomic E-state index is 10.4. The van der Waals surface area contributed by atoms with E-state index >= 15 is 0 Å². The summed E-state index contributed by atoms with van der Waals surface area (Å²) in [5.41, 5.74) is 0.934. The Balaban J connectivity index is 1.96. The van der Waals surface area contributed by atoms with Gasteiger partial charge in [-0.1, -0.05) is 23.1 Å². The van der Waals surface area contributed by atoms with Crippen LogP contribution in [-0.2, 0) is 4.79 Å². The minimum Gasteiger partial charge on any atom is -0.481 e. The smallest absolute Gasteiger partial charge is 0.313 e. The molecule has 0 radical (unpaired) electrons. The second-order valence-corrected chi connectivity index (χ2v) is 6.49. The number of benzene rings is 1. The summed E-state index contributed by atoms with van der Waals surface area (Å²) in [6.45, 7) is 0. The molecule has 0 fully saturated rings. The fraction of sp³-hybridized carbons (Fsp3) is 0.182. The Morgan fingerprint density at radius 1 is 1.37 bits per heavy atom. The molecular formula is C11H11N3O2S3. The van der Waals surface area contributed by atoms with E-state index in [1.54, 1.807) is 11.8 Å². The first-order valence-corrected chi connectivity index (χ1v) is 8.29. The van der Waals surface area contributed by atoms with Gasteiger partial charge in [-0.05, 0) is 30.5 Å². The van der Waals surface area contributed by atoms with Gasteiger partial charge in [0.2, 0.25) is 5.13 Å². The van der Waals surface area contributed by atoms with Gasteiger partial charge in [0.15, 0.2) is 4.34 Å². The molecule has 1 aromatic heterocycles. The highest BCUT2D eigenvalue weighted by molar-refractivity contribution is 8.01. The standard InChI is InChI=1S/C11H11N3O2S3/c1-17-8-4-2-7(3-5-8)12-10-13-14-11(19-10)18-6-9(15)16/h2-5H,6H2,1H3,(H,12,13)(H,15,16). The summed E-state index contributed by atoms with van der Waals surface area (Å²) in [6, 6.07) is 7.98. The van der Waals surface area contributed by atoms with Crippen LogP contribution < -0.4 is 5.32 Å². The predicted molar refractivity (Wildman–Crippen MR) is 79.8 cm³/mol. The SMILES string of the molecule is CSc1ccc(Nc2nnc(SCC(=O)O)s2)cc1. The Kier molecular flexibility index (Phi) is 5.06. The number of rotatable bonds is 6. The van der Waals surface area contributed by atoms with Crippen LogP contribution in [0.5, 0.6) is 0 Å². The molecule has 100 valence electrons. The molecule has 0 spiro atoms. The molecule has 0 saturated carbocycles. The van der Waals surface area contributed by atoms with Crippen molar-refractivity contribution in [2.75, 3.05) is 17.3 Å². The Labute approximate surface area is 122 Å². The molecule has 19 heavy (non-hydrogen) atoms. The van der Waals surface area contributed by atoms with Crippen LogP contribution in [0.4, 0.5) is 10.8 Å². The third-order valence-corrected chi connectivity index (χ3v) is 4.77. The summed E-state index contributed by atoms with van der Waals surface area (Å²) in [6.07, 6.45) is 2.03. The van der Waals surface area contributed by atoms with E-state index in [1.165, 1.54) is 28.0 Å². The molecule has 2 rings (SSSR count). The van der Waals surface area contributed by atoms with Gasteiger partial charge in [-0.3, -0.25) is 4.79 Å². The molecule has 0 saturated heterocycles. The lowest BCUT2D eigenvalue weighted by atomic mass is 10.3. The summed E-state index contributed by atoms with van der Waals surface area (Å²) in [5, 5.41) is 20.3. The maximum atomic E-state index is 10.4. The lowest BCUT2D eigenvalue weighted by Crippen LogP contribution is -1.96. The van der Waals surface area contributed by atoms with Gasteiger partial charge in [-0.15, -0.1) is 22.0 Å². The monoisotopic (exact) mass is 313 g/mol. The van der Waals surface area contributed by atoms with Crippen molar-refractivity contribution in [2.45, 2.75) is 9.24 Å². The number of anilines is 2. The second-order valence-electron chi connectivity index (χ2n) is 3.41. The zero-order chi connectivity index (χ0) is 13.7. The van der Waals surface area contributed by atoms with Crippen LogP contribution in [0.3, 0.4) is 0 Å². The van der Waals surface area contributed by atoms with Gasteiger partial charge < -0.3 is 10.4 Å². The van der Waals surface area contributed by atoms with Gasteiger partial charge in [0.1, 0.15) is 0 Å². The fourth-order valence-electron chi connectivity index (χ4n) is 1.24. The van der Waals surface area contributed by atoms with Gasteiger partial charge >= 0.3 is 5.97 Å². The predicted octanol–water partition coefficient (Wildman–Crippen LogP) is 3.18. The van der Waals surface area contributed by atoms with E-state index in [-0.39, 0.29) is 5.75 Å². The van der Waals surface area contributed by atoms with E-state index in [0.29, 0.717) is 9.47 Å². The Bertz CT molecular complexity index is 557. The zero-order valence-corrected chi connectivity index (χ0v) is 12.4. The Hall–Kier alpha value is -1.25. The Morgan fingerprint density at radius 2 is 2.11 bits per heavy atom. The lowest BCUT2D eigenvalue weighted by Gasteiger charge is -2.02. The van der Waals surface area contributed by atoms with Crippen molar-refractivity contribution in [3.8, 4) is 0 Å². The Morgan fingerprint density at radius 3 is 2.74 bits per heavy atom. The van der Waals surface area contributed by atoms with Gasteiger partial charge in [-0.2, -0.15) is 0 Å². The fourth-order valence-corrected chi connectivity index (χ4v) is 3.14. The topological polar surface area (TPSA) is 75.1 Å². The molecule has 0 unspecified atom stereocenters. The third-order valence-electron chi connectivity index (χ3n) is 2.07. The molecule has 2 N–H and O–H groups in total. The quantitative estimate of drug-likeness (QED) is 0.793. The lowest BCUT2D eigenvalue weighted by molar-refractivity contribution is -0.133. The number of nitrogens with one attached hydrogen (secondary N) is 1. The van der Waals surface area contributed by atoms with Crippen LogP contribution in [0.2, 0.25) is 0 Å². The highest BCUT2D eigenvalue weighted by Crippen LogP contribution is 2.28. The molecule has 0 aliphatic rings. The highest BCUT2D eigenvalue weighted by Gasteiger charge is 2.07. The summed E-state index contributed by atoms with van der Waals surface area (Å²) >= 11 is 4.19. The van der Waals surface area contributed by atoms with Crippen molar-refractivity contribution in [3.63, 3.8) is 0 Å². The number of nitrogens with zero attached hydrogens (tertiary/aromatic N) is 2. The van der Waals surface area contributed by atoms with Gasteiger partial charge in [0, 0.05) is 10.6 Å². The molecule has 0 aliphatic carbocycles. The first-order chi connectivity index (χ1) is 9.17. The maximum Gasteiger partial charge on any atom is 0.313 e. The number of carbonyl (C=O) groups is 1. The van der Waals surface area contributed by atoms with Crippen LogP contribution in [0, 0.1) is 0 Å². The number of hydrogen-bond donors (Lipinski definition) is 2. The molecule has 0 bridgehead atoms. The van der Waals surface area contributed by atoms with Crippen molar-refractivity contribution in [1.82, 2.24) is 10.2 Å². The summed E-state index contributed by atoms with van der Waals surface area (Å²) in [5.74, 6) is -0.862. The van der Waals surface area contributed by atoms with Crippen molar-refractivity contribution in [3.05, 3.63) is 24.3 Å². The van der Waals surface area contributed by atoms with Crippen LogP contribution in [0.1, 0.15) is 0 Å². The van der Waals surface area contributed by atoms with E-state index in [2.05, 4.69) is 15.5 Å². The van der Waals surface area contributed by atoms with E-state index in [9.17, 15) is 4.79 Å². The van der Waals surface area contributed by atoms with Crippen molar-refractivity contribution >= 4 is 51.6 Å². The number of thioether (sulfide) groups is 2. The molecule has 1 heterocycles. The van der Waals surface area contributed by atoms with Crippen LogP contribution in [0.15, 0.2) is 33.5 Å².